The van der Waals surface area contributed by atoms with Crippen LogP contribution in [0.2, 0.25) is 0 Å². The highest BCUT2D eigenvalue weighted by Gasteiger charge is 2.33. The molecule has 0 aromatic rings. The lowest BCUT2D eigenvalue weighted by molar-refractivity contribution is -0.147. The number of aliphatic hydroxyl groups is 1. The van der Waals surface area contributed by atoms with Crippen LogP contribution in [0.1, 0.15) is 47.0 Å². The molecule has 2 saturated heterocycles. The zero-order chi connectivity index (χ0) is 17.9. The number of likely N-dealkylation sites (tertiary alicyclic amines) is 1. The molecule has 6 nitrogen and oxygen atoms in total. The Morgan fingerprint density at radius 2 is 1.75 bits per heavy atom. The van der Waals surface area contributed by atoms with Crippen molar-refractivity contribution in [3.63, 3.8) is 0 Å². The van der Waals surface area contributed by atoms with E-state index < -0.39 is 0 Å². The minimum Gasteiger partial charge on any atom is -0.391 e. The Bertz CT molecular complexity index is 453. The number of nitrogens with zero attached hydrogens (tertiary/aromatic N) is 3. The minimum absolute atomic E-state index is 0.0567. The molecule has 0 saturated carbocycles. The number of piperidine rings is 1. The van der Waals surface area contributed by atoms with Crippen molar-refractivity contribution in [1.29, 1.82) is 0 Å². The molecule has 2 aliphatic heterocycles. The maximum absolute atomic E-state index is 12.7. The summed E-state index contributed by atoms with van der Waals surface area (Å²) in [5, 5.41) is 10.2. The molecule has 2 atom stereocenters. The van der Waals surface area contributed by atoms with Crippen LogP contribution in [0.5, 0.6) is 0 Å². The first kappa shape index (κ1) is 19.2. The van der Waals surface area contributed by atoms with Gasteiger partial charge in [-0.15, -0.1) is 0 Å². The van der Waals surface area contributed by atoms with Crippen molar-refractivity contribution in [2.75, 3.05) is 39.3 Å². The standard InChI is InChI=1S/C18H33N3O3/c1-14(21-8-6-5-7-16(21)23)17(24)20-11-9-19(10-12-20)13-15(22)18(2,3)4/h14-15,22H,5-13H2,1-4H3/t14-,15-/m0/s1. The van der Waals surface area contributed by atoms with Crippen LogP contribution in [-0.2, 0) is 9.59 Å². The van der Waals surface area contributed by atoms with Crippen LogP contribution >= 0.6 is 0 Å². The largest absolute Gasteiger partial charge is 0.391 e. The van der Waals surface area contributed by atoms with E-state index in [0.29, 0.717) is 32.6 Å². The second kappa shape index (κ2) is 7.83. The van der Waals surface area contributed by atoms with Crippen molar-refractivity contribution in [1.82, 2.24) is 14.7 Å². The normalized spacial score (nSPS) is 23.3. The van der Waals surface area contributed by atoms with E-state index in [1.807, 2.05) is 32.6 Å². The molecule has 2 heterocycles. The molecule has 0 bridgehead atoms. The highest BCUT2D eigenvalue weighted by atomic mass is 16.3. The Hall–Kier alpha value is -1.14. The Balaban J connectivity index is 1.83. The van der Waals surface area contributed by atoms with Crippen LogP contribution in [0, 0.1) is 5.41 Å². The third kappa shape index (κ3) is 4.70. The molecule has 138 valence electrons. The van der Waals surface area contributed by atoms with Gasteiger partial charge in [-0.25, -0.2) is 0 Å². The Morgan fingerprint density at radius 3 is 2.29 bits per heavy atom. The van der Waals surface area contributed by atoms with Gasteiger partial charge in [0.05, 0.1) is 6.10 Å². The molecule has 0 aliphatic carbocycles. The number of β-amino-alcohol motifs (C(OH)–C–C–N with tert-alkyl or cyclic N) is 1. The van der Waals surface area contributed by atoms with E-state index in [9.17, 15) is 14.7 Å². The molecule has 0 unspecified atom stereocenters. The summed E-state index contributed by atoms with van der Waals surface area (Å²) in [6.45, 7) is 12.2. The summed E-state index contributed by atoms with van der Waals surface area (Å²) < 4.78 is 0. The van der Waals surface area contributed by atoms with Gasteiger partial charge in [-0.2, -0.15) is 0 Å². The van der Waals surface area contributed by atoms with Crippen LogP contribution in [-0.4, -0.2) is 83.0 Å². The Morgan fingerprint density at radius 1 is 1.12 bits per heavy atom. The summed E-state index contributed by atoms with van der Waals surface area (Å²) >= 11 is 0. The van der Waals surface area contributed by atoms with Crippen molar-refractivity contribution in [3.05, 3.63) is 0 Å². The predicted molar refractivity (Wildman–Crippen MR) is 93.5 cm³/mol. The lowest BCUT2D eigenvalue weighted by Crippen LogP contribution is -2.56. The molecule has 0 aromatic carbocycles. The van der Waals surface area contributed by atoms with Crippen LogP contribution < -0.4 is 0 Å². The number of hydrogen-bond acceptors (Lipinski definition) is 4. The number of hydrogen-bond donors (Lipinski definition) is 1. The molecule has 0 radical (unpaired) electrons. The fourth-order valence-electron chi connectivity index (χ4n) is 3.30. The molecule has 2 amide bonds. The average Bonchev–Trinajstić information content (AvgIpc) is 2.54. The van der Waals surface area contributed by atoms with Gasteiger partial charge >= 0.3 is 0 Å². The molecule has 0 aromatic heterocycles. The van der Waals surface area contributed by atoms with Gasteiger partial charge in [0.1, 0.15) is 6.04 Å². The minimum atomic E-state index is -0.371. The number of aliphatic hydroxyl groups excluding tert-OH is 1. The summed E-state index contributed by atoms with van der Waals surface area (Å²) in [5.41, 5.74) is -0.129. The Kier molecular flexibility index (Phi) is 6.26. The van der Waals surface area contributed by atoms with Crippen LogP contribution in [0.15, 0.2) is 0 Å². The fraction of sp³-hybridized carbons (Fsp3) is 0.889. The number of amides is 2. The number of rotatable bonds is 4. The molecule has 1 N–H and O–H groups in total. The van der Waals surface area contributed by atoms with Crippen LogP contribution in [0.3, 0.4) is 0 Å². The first-order chi connectivity index (χ1) is 11.2. The van der Waals surface area contributed by atoms with Crippen LogP contribution in [0.25, 0.3) is 0 Å². The Labute approximate surface area is 145 Å². The molecular weight excluding hydrogens is 306 g/mol. The molecule has 24 heavy (non-hydrogen) atoms. The van der Waals surface area contributed by atoms with Gasteiger partial charge in [0.15, 0.2) is 0 Å². The van der Waals surface area contributed by atoms with E-state index in [1.54, 1.807) is 4.90 Å². The second-order valence-corrected chi connectivity index (χ2v) is 8.23. The summed E-state index contributed by atoms with van der Waals surface area (Å²) in [5.74, 6) is 0.162. The van der Waals surface area contributed by atoms with Crippen molar-refractivity contribution in [2.45, 2.75) is 59.1 Å². The summed E-state index contributed by atoms with van der Waals surface area (Å²) in [7, 11) is 0. The summed E-state index contributed by atoms with van der Waals surface area (Å²) in [6.07, 6.45) is 2.12. The van der Waals surface area contributed by atoms with Crippen molar-refractivity contribution >= 4 is 11.8 Å². The van der Waals surface area contributed by atoms with Crippen molar-refractivity contribution in [3.8, 4) is 0 Å². The molecule has 2 aliphatic rings. The van der Waals surface area contributed by atoms with E-state index in [2.05, 4.69) is 4.90 Å². The predicted octanol–water partition coefficient (Wildman–Crippen LogP) is 0.939. The molecule has 2 rings (SSSR count). The topological polar surface area (TPSA) is 64.1 Å². The smallest absolute Gasteiger partial charge is 0.245 e. The van der Waals surface area contributed by atoms with E-state index >= 15 is 0 Å². The van der Waals surface area contributed by atoms with Gasteiger partial charge in [-0.05, 0) is 25.2 Å². The van der Waals surface area contributed by atoms with Gasteiger partial charge in [0.2, 0.25) is 11.8 Å². The van der Waals surface area contributed by atoms with Gasteiger partial charge in [0.25, 0.3) is 0 Å². The number of carbonyl (C=O) groups excluding carboxylic acids is 2. The first-order valence-electron chi connectivity index (χ1n) is 9.19. The first-order valence-corrected chi connectivity index (χ1v) is 9.19. The van der Waals surface area contributed by atoms with Gasteiger partial charge in [0, 0.05) is 45.7 Å². The van der Waals surface area contributed by atoms with E-state index in [4.69, 9.17) is 0 Å². The maximum atomic E-state index is 12.7. The zero-order valence-corrected chi connectivity index (χ0v) is 15.6. The molecule has 0 spiro atoms. The number of carbonyl (C=O) groups is 2. The van der Waals surface area contributed by atoms with E-state index in [1.165, 1.54) is 0 Å². The summed E-state index contributed by atoms with van der Waals surface area (Å²) in [4.78, 5) is 30.5. The summed E-state index contributed by atoms with van der Waals surface area (Å²) in [6, 6.07) is -0.357. The van der Waals surface area contributed by atoms with Crippen molar-refractivity contribution in [2.24, 2.45) is 5.41 Å². The quantitative estimate of drug-likeness (QED) is 0.828. The highest BCUT2D eigenvalue weighted by molar-refractivity contribution is 5.87. The van der Waals surface area contributed by atoms with E-state index in [-0.39, 0.29) is 29.4 Å². The fourth-order valence-corrected chi connectivity index (χ4v) is 3.30. The average molecular weight is 339 g/mol. The zero-order valence-electron chi connectivity index (χ0n) is 15.6. The van der Waals surface area contributed by atoms with Crippen LogP contribution in [0.4, 0.5) is 0 Å². The molecular formula is C18H33N3O3. The lowest BCUT2D eigenvalue weighted by atomic mass is 9.89. The van der Waals surface area contributed by atoms with E-state index in [0.717, 1.165) is 25.9 Å². The molecule has 2 fully saturated rings. The third-order valence-corrected chi connectivity index (χ3v) is 5.30. The van der Waals surface area contributed by atoms with Gasteiger partial charge < -0.3 is 14.9 Å². The second-order valence-electron chi connectivity index (χ2n) is 8.23. The van der Waals surface area contributed by atoms with Gasteiger partial charge in [-0.3, -0.25) is 14.5 Å². The van der Waals surface area contributed by atoms with Crippen molar-refractivity contribution < 1.29 is 14.7 Å². The SMILES string of the molecule is C[C@@H](C(=O)N1CCN(C[C@H](O)C(C)(C)C)CC1)N1CCCCC1=O. The monoisotopic (exact) mass is 339 g/mol. The lowest BCUT2D eigenvalue weighted by Gasteiger charge is -2.40. The number of piperazine rings is 1. The van der Waals surface area contributed by atoms with Gasteiger partial charge in [-0.1, -0.05) is 20.8 Å². The molecule has 6 heteroatoms. The third-order valence-electron chi connectivity index (χ3n) is 5.30. The maximum Gasteiger partial charge on any atom is 0.245 e. The highest BCUT2D eigenvalue weighted by Crippen LogP contribution is 2.21.